The molecular formula is C21H21F6N7O3. The Morgan fingerprint density at radius 3 is 2.41 bits per heavy atom. The summed E-state index contributed by atoms with van der Waals surface area (Å²) in [7, 11) is 0. The minimum Gasteiger partial charge on any atom is -0.444 e. The fraction of sp³-hybridized carbons (Fsp3) is 0.381. The third kappa shape index (κ3) is 7.44. The van der Waals surface area contributed by atoms with Gasteiger partial charge in [-0.2, -0.15) is 17.7 Å². The molecular weight excluding hydrogens is 512 g/mol. The zero-order chi connectivity index (χ0) is 27.5. The van der Waals surface area contributed by atoms with E-state index in [1.807, 2.05) is 0 Å². The molecule has 2 amide bonds. The number of nitrogens with zero attached hydrogens (tertiary/aromatic N) is 4. The number of ether oxygens (including phenoxy) is 1. The Labute approximate surface area is 205 Å². The number of hydrogen-bond donors (Lipinski definition) is 3. The van der Waals surface area contributed by atoms with Gasteiger partial charge in [0.25, 0.3) is 5.82 Å². The minimum atomic E-state index is -4.82. The van der Waals surface area contributed by atoms with Crippen molar-refractivity contribution < 1.29 is 40.7 Å². The fourth-order valence-electron chi connectivity index (χ4n) is 3.06. The van der Waals surface area contributed by atoms with Crippen LogP contribution in [0.25, 0.3) is 5.65 Å². The molecule has 3 N–H and O–H groups in total. The van der Waals surface area contributed by atoms with Crippen LogP contribution < -0.4 is 16.2 Å². The lowest BCUT2D eigenvalue weighted by molar-refractivity contribution is -0.144. The van der Waals surface area contributed by atoms with Crippen molar-refractivity contribution in [3.05, 3.63) is 53.2 Å². The maximum absolute atomic E-state index is 14.2. The van der Waals surface area contributed by atoms with E-state index in [2.05, 4.69) is 31.2 Å². The molecule has 0 saturated heterocycles. The Morgan fingerprint density at radius 2 is 1.76 bits per heavy atom. The lowest BCUT2D eigenvalue weighted by Gasteiger charge is -2.24. The van der Waals surface area contributed by atoms with Crippen LogP contribution in [0.1, 0.15) is 38.6 Å². The summed E-state index contributed by atoms with van der Waals surface area (Å²) < 4.78 is 85.7. The van der Waals surface area contributed by atoms with Gasteiger partial charge in [0.1, 0.15) is 11.4 Å². The Hall–Kier alpha value is -4.11. The van der Waals surface area contributed by atoms with E-state index in [9.17, 15) is 35.9 Å². The van der Waals surface area contributed by atoms with Crippen molar-refractivity contribution in [3.63, 3.8) is 0 Å². The molecule has 16 heteroatoms. The van der Waals surface area contributed by atoms with Crippen LogP contribution >= 0.6 is 0 Å². The van der Waals surface area contributed by atoms with Gasteiger partial charge >= 0.3 is 12.3 Å². The number of anilines is 1. The number of aromatic nitrogens is 4. The second kappa shape index (κ2) is 10.5. The highest BCUT2D eigenvalue weighted by Crippen LogP contribution is 2.27. The monoisotopic (exact) mass is 533 g/mol. The molecule has 0 unspecified atom stereocenters. The molecule has 0 saturated carbocycles. The SMILES string of the molecule is CC(C)(C)OC(=O)N[C@@H](CC(=O)NNc1nccc2nc(C(F)(F)F)nn12)Cc1cc(F)c(F)cc1F. The number of fused-ring (bicyclic) bond motifs is 1. The summed E-state index contributed by atoms with van der Waals surface area (Å²) in [5.74, 6) is -6.43. The summed E-state index contributed by atoms with van der Waals surface area (Å²) in [4.78, 5) is 31.9. The van der Waals surface area contributed by atoms with E-state index in [0.717, 1.165) is 12.3 Å². The van der Waals surface area contributed by atoms with E-state index in [0.29, 0.717) is 16.6 Å². The molecule has 0 aliphatic heterocycles. The standard InChI is InChI=1S/C21H21F6N7O3/c1-20(2,3)37-19(36)29-11(6-10-7-13(23)14(24)9-12(10)22)8-16(35)31-32-18-28-5-4-15-30-17(21(25,26)27)33-34(15)18/h4-5,7,9,11H,6,8H2,1-3H3,(H,28,32)(H,29,36)(H,31,35)/t11-/m1/s1. The second-order valence-electron chi connectivity index (χ2n) is 8.75. The highest BCUT2D eigenvalue weighted by Gasteiger charge is 2.36. The second-order valence-corrected chi connectivity index (χ2v) is 8.75. The minimum absolute atomic E-state index is 0.211. The summed E-state index contributed by atoms with van der Waals surface area (Å²) in [6.07, 6.45) is -5.62. The van der Waals surface area contributed by atoms with Crippen molar-refractivity contribution in [2.75, 3.05) is 5.43 Å². The third-order valence-electron chi connectivity index (χ3n) is 4.53. The zero-order valence-corrected chi connectivity index (χ0v) is 19.6. The number of carbonyl (C=O) groups excluding carboxylic acids is 2. The molecule has 200 valence electrons. The predicted octanol–water partition coefficient (Wildman–Crippen LogP) is 3.53. The summed E-state index contributed by atoms with van der Waals surface area (Å²) in [6, 6.07) is 0.920. The lowest BCUT2D eigenvalue weighted by Crippen LogP contribution is -2.44. The normalized spacial score (nSPS) is 12.8. The Kier molecular flexibility index (Phi) is 7.78. The number of rotatable bonds is 7. The van der Waals surface area contributed by atoms with Crippen LogP contribution in [0.4, 0.5) is 37.1 Å². The van der Waals surface area contributed by atoms with Crippen molar-refractivity contribution in [3.8, 4) is 0 Å². The van der Waals surface area contributed by atoms with Gasteiger partial charge in [-0.15, -0.1) is 5.10 Å². The summed E-state index contributed by atoms with van der Waals surface area (Å²) in [5.41, 5.74) is 3.02. The topological polar surface area (TPSA) is 123 Å². The number of hydrazine groups is 1. The van der Waals surface area contributed by atoms with E-state index in [1.165, 1.54) is 0 Å². The molecule has 0 spiro atoms. The molecule has 37 heavy (non-hydrogen) atoms. The molecule has 0 radical (unpaired) electrons. The van der Waals surface area contributed by atoms with E-state index in [1.54, 1.807) is 20.8 Å². The summed E-state index contributed by atoms with van der Waals surface area (Å²) in [5, 5.41) is 5.66. The maximum atomic E-state index is 14.2. The molecule has 3 aromatic rings. The number of benzene rings is 1. The summed E-state index contributed by atoms with van der Waals surface area (Å²) >= 11 is 0. The van der Waals surface area contributed by atoms with E-state index >= 15 is 0 Å². The van der Waals surface area contributed by atoms with Gasteiger partial charge in [-0.25, -0.2) is 27.9 Å². The molecule has 0 bridgehead atoms. The van der Waals surface area contributed by atoms with Gasteiger partial charge in [-0.05, 0) is 38.8 Å². The molecule has 2 aromatic heterocycles. The molecule has 3 rings (SSSR count). The zero-order valence-electron chi connectivity index (χ0n) is 19.6. The smallest absolute Gasteiger partial charge is 0.444 e. The number of hydrogen-bond acceptors (Lipinski definition) is 7. The quantitative estimate of drug-likeness (QED) is 0.241. The van der Waals surface area contributed by atoms with Crippen LogP contribution in [0.3, 0.4) is 0 Å². The predicted molar refractivity (Wildman–Crippen MR) is 115 cm³/mol. The highest BCUT2D eigenvalue weighted by molar-refractivity contribution is 5.78. The van der Waals surface area contributed by atoms with Crippen LogP contribution in [-0.4, -0.2) is 43.2 Å². The average molecular weight is 533 g/mol. The Bertz CT molecular complexity index is 1310. The Balaban J connectivity index is 1.74. The number of halogens is 6. The first-order chi connectivity index (χ1) is 17.1. The largest absolute Gasteiger partial charge is 0.453 e. The van der Waals surface area contributed by atoms with Crippen LogP contribution in [0.15, 0.2) is 24.4 Å². The van der Waals surface area contributed by atoms with Crippen LogP contribution in [-0.2, 0) is 22.1 Å². The molecule has 1 atom stereocenters. The third-order valence-corrected chi connectivity index (χ3v) is 4.53. The average Bonchev–Trinajstić information content (AvgIpc) is 3.20. The first-order valence-corrected chi connectivity index (χ1v) is 10.6. The van der Waals surface area contributed by atoms with E-state index in [4.69, 9.17) is 4.74 Å². The first kappa shape index (κ1) is 27.5. The van der Waals surface area contributed by atoms with Crippen molar-refractivity contribution >= 4 is 23.6 Å². The van der Waals surface area contributed by atoms with Crippen LogP contribution in [0.5, 0.6) is 0 Å². The number of amides is 2. The maximum Gasteiger partial charge on any atom is 0.453 e. The van der Waals surface area contributed by atoms with Crippen molar-refractivity contribution in [2.45, 2.75) is 51.4 Å². The molecule has 2 heterocycles. The van der Waals surface area contributed by atoms with Gasteiger partial charge in [-0.3, -0.25) is 15.6 Å². The van der Waals surface area contributed by atoms with Crippen LogP contribution in [0, 0.1) is 17.5 Å². The number of carbonyl (C=O) groups is 2. The summed E-state index contributed by atoms with van der Waals surface area (Å²) in [6.45, 7) is 4.74. The first-order valence-electron chi connectivity index (χ1n) is 10.6. The van der Waals surface area contributed by atoms with Crippen molar-refractivity contribution in [1.29, 1.82) is 0 Å². The number of alkyl carbamates (subject to hydrolysis) is 1. The molecule has 10 nitrogen and oxygen atoms in total. The fourth-order valence-corrected chi connectivity index (χ4v) is 3.06. The lowest BCUT2D eigenvalue weighted by atomic mass is 10.0. The van der Waals surface area contributed by atoms with Gasteiger partial charge in [0.05, 0.1) is 0 Å². The number of nitrogens with one attached hydrogen (secondary N) is 3. The number of alkyl halides is 3. The van der Waals surface area contributed by atoms with Gasteiger partial charge in [0, 0.05) is 30.8 Å². The molecule has 0 aliphatic carbocycles. The van der Waals surface area contributed by atoms with Gasteiger partial charge in [0.2, 0.25) is 11.9 Å². The van der Waals surface area contributed by atoms with Crippen molar-refractivity contribution in [1.82, 2.24) is 30.3 Å². The van der Waals surface area contributed by atoms with E-state index in [-0.39, 0.29) is 17.2 Å². The van der Waals surface area contributed by atoms with Crippen LogP contribution in [0.2, 0.25) is 0 Å². The Morgan fingerprint density at radius 1 is 1.08 bits per heavy atom. The molecule has 0 aliphatic rings. The van der Waals surface area contributed by atoms with Gasteiger partial charge in [-0.1, -0.05) is 0 Å². The van der Waals surface area contributed by atoms with E-state index < -0.39 is 65.9 Å². The van der Waals surface area contributed by atoms with Crippen molar-refractivity contribution in [2.24, 2.45) is 0 Å². The van der Waals surface area contributed by atoms with Gasteiger partial charge < -0.3 is 10.1 Å². The highest BCUT2D eigenvalue weighted by atomic mass is 19.4. The molecule has 0 fully saturated rings. The van der Waals surface area contributed by atoms with Gasteiger partial charge in [0.15, 0.2) is 17.3 Å². The molecule has 1 aromatic carbocycles.